The summed E-state index contributed by atoms with van der Waals surface area (Å²) in [5.41, 5.74) is 1.62. The molecule has 1 amide bonds. The molecule has 0 aliphatic carbocycles. The molecule has 1 aliphatic rings. The third-order valence-corrected chi connectivity index (χ3v) is 6.31. The van der Waals surface area contributed by atoms with E-state index >= 15 is 0 Å². The summed E-state index contributed by atoms with van der Waals surface area (Å²) in [5, 5.41) is 11.7. The van der Waals surface area contributed by atoms with E-state index in [9.17, 15) is 14.9 Å². The molecule has 34 heavy (non-hydrogen) atoms. The van der Waals surface area contributed by atoms with Gasteiger partial charge in [0.05, 0.1) is 34.5 Å². The number of nitro groups is 1. The molecule has 2 atom stereocenters. The number of benzene rings is 2. The molecule has 1 aromatic heterocycles. The van der Waals surface area contributed by atoms with Gasteiger partial charge in [0, 0.05) is 25.2 Å². The van der Waals surface area contributed by atoms with Crippen molar-refractivity contribution < 1.29 is 23.9 Å². The highest BCUT2D eigenvalue weighted by molar-refractivity contribution is 7.19. The average Bonchev–Trinajstić information content (AvgIpc) is 3.23. The second-order valence-corrected chi connectivity index (χ2v) is 9.11. The van der Waals surface area contributed by atoms with Crippen LogP contribution in [0.4, 0.5) is 5.69 Å². The van der Waals surface area contributed by atoms with Crippen LogP contribution in [0.3, 0.4) is 0 Å². The lowest BCUT2D eigenvalue weighted by Crippen LogP contribution is -2.49. The molecule has 0 saturated carbocycles. The molecule has 3 aromatic rings. The zero-order valence-electron chi connectivity index (χ0n) is 19.1. The Morgan fingerprint density at radius 3 is 2.68 bits per heavy atom. The number of hydrogen-bond acceptors (Lipinski definition) is 8. The number of thiazole rings is 1. The van der Waals surface area contributed by atoms with Gasteiger partial charge < -0.3 is 19.1 Å². The van der Waals surface area contributed by atoms with Crippen LogP contribution in [0.25, 0.3) is 22.4 Å². The summed E-state index contributed by atoms with van der Waals surface area (Å²) in [5.74, 6) is 0.900. The van der Waals surface area contributed by atoms with Gasteiger partial charge in [-0.2, -0.15) is 0 Å². The van der Waals surface area contributed by atoms with Crippen LogP contribution in [-0.4, -0.2) is 59.7 Å². The van der Waals surface area contributed by atoms with Gasteiger partial charge in [0.1, 0.15) is 5.01 Å². The Hall–Kier alpha value is -3.50. The number of carbonyl (C=O) groups is 1. The maximum absolute atomic E-state index is 12.6. The number of methoxy groups -OCH3 is 1. The molecule has 1 saturated heterocycles. The quantitative estimate of drug-likeness (QED) is 0.362. The van der Waals surface area contributed by atoms with E-state index in [4.69, 9.17) is 14.2 Å². The van der Waals surface area contributed by atoms with Crippen LogP contribution in [0.2, 0.25) is 0 Å². The van der Waals surface area contributed by atoms with E-state index in [0.717, 1.165) is 15.3 Å². The highest BCUT2D eigenvalue weighted by Crippen LogP contribution is 2.30. The van der Waals surface area contributed by atoms with Crippen LogP contribution in [0, 0.1) is 10.1 Å². The predicted octanol–water partition coefficient (Wildman–Crippen LogP) is 4.40. The molecule has 2 heterocycles. The number of rotatable bonds is 7. The molecule has 0 radical (unpaired) electrons. The second kappa shape index (κ2) is 10.2. The van der Waals surface area contributed by atoms with Crippen molar-refractivity contribution in [1.29, 1.82) is 0 Å². The van der Waals surface area contributed by atoms with Gasteiger partial charge in [-0.1, -0.05) is 12.1 Å². The first-order valence-corrected chi connectivity index (χ1v) is 11.6. The summed E-state index contributed by atoms with van der Waals surface area (Å²) in [6.07, 6.45) is 3.72. The summed E-state index contributed by atoms with van der Waals surface area (Å²) in [4.78, 5) is 29.4. The van der Waals surface area contributed by atoms with Crippen molar-refractivity contribution in [3.05, 3.63) is 57.1 Å². The minimum atomic E-state index is -0.417. The number of non-ortho nitro benzene ring substituents is 1. The number of nitrogens with zero attached hydrogens (tertiary/aromatic N) is 3. The van der Waals surface area contributed by atoms with Crippen molar-refractivity contribution in [2.75, 3.05) is 26.8 Å². The van der Waals surface area contributed by atoms with Gasteiger partial charge in [0.25, 0.3) is 11.6 Å². The third kappa shape index (κ3) is 5.52. The molecule has 10 heteroatoms. The standard InChI is InChI=1S/C24H25N3O6S/c1-15-12-26(13-16(2)33-15)24(28)14-32-20-8-4-17(10-21(20)31-3)5-9-23-25-19-7-6-18(27(29)30)11-22(19)34-23/h4-11,15-16H,12-14H2,1-3H3/b9-5-/t15-,16-/m0/s1. The van der Waals surface area contributed by atoms with E-state index in [1.54, 1.807) is 24.1 Å². The van der Waals surface area contributed by atoms with Crippen molar-refractivity contribution in [3.8, 4) is 11.5 Å². The molecular weight excluding hydrogens is 458 g/mol. The number of fused-ring (bicyclic) bond motifs is 1. The highest BCUT2D eigenvalue weighted by atomic mass is 32.1. The van der Waals surface area contributed by atoms with Crippen molar-refractivity contribution in [1.82, 2.24) is 9.88 Å². The lowest BCUT2D eigenvalue weighted by molar-refractivity contribution is -0.384. The summed E-state index contributed by atoms with van der Waals surface area (Å²) in [7, 11) is 1.54. The largest absolute Gasteiger partial charge is 0.493 e. The summed E-state index contributed by atoms with van der Waals surface area (Å²) < 4.78 is 17.6. The second-order valence-electron chi connectivity index (χ2n) is 8.05. The monoisotopic (exact) mass is 483 g/mol. The molecule has 9 nitrogen and oxygen atoms in total. The number of nitro benzene ring substituents is 1. The average molecular weight is 484 g/mol. The Balaban J connectivity index is 1.42. The van der Waals surface area contributed by atoms with Gasteiger partial charge in [0.15, 0.2) is 18.1 Å². The number of carbonyl (C=O) groups excluding carboxylic acids is 1. The Morgan fingerprint density at radius 2 is 1.97 bits per heavy atom. The smallest absolute Gasteiger partial charge is 0.270 e. The first-order chi connectivity index (χ1) is 16.3. The molecule has 0 N–H and O–H groups in total. The van der Waals surface area contributed by atoms with Crippen LogP contribution in [-0.2, 0) is 9.53 Å². The van der Waals surface area contributed by atoms with E-state index in [2.05, 4.69) is 4.98 Å². The fourth-order valence-electron chi connectivity index (χ4n) is 3.80. The topological polar surface area (TPSA) is 104 Å². The first-order valence-electron chi connectivity index (χ1n) is 10.8. The maximum Gasteiger partial charge on any atom is 0.270 e. The summed E-state index contributed by atoms with van der Waals surface area (Å²) in [6.45, 7) is 4.91. The lowest BCUT2D eigenvalue weighted by atomic mass is 10.2. The number of aromatic nitrogens is 1. The van der Waals surface area contributed by atoms with Crippen LogP contribution in [0.5, 0.6) is 11.5 Å². The maximum atomic E-state index is 12.6. The number of morpholine rings is 1. The molecule has 0 spiro atoms. The van der Waals surface area contributed by atoms with Gasteiger partial charge in [-0.25, -0.2) is 4.98 Å². The van der Waals surface area contributed by atoms with Gasteiger partial charge in [-0.3, -0.25) is 14.9 Å². The van der Waals surface area contributed by atoms with Crippen molar-refractivity contribution >= 4 is 45.3 Å². The third-order valence-electron chi connectivity index (χ3n) is 5.33. The van der Waals surface area contributed by atoms with Crippen LogP contribution in [0.15, 0.2) is 36.4 Å². The van der Waals surface area contributed by atoms with E-state index in [0.29, 0.717) is 30.1 Å². The molecule has 0 unspecified atom stereocenters. The lowest BCUT2D eigenvalue weighted by Gasteiger charge is -2.35. The zero-order valence-corrected chi connectivity index (χ0v) is 19.9. The Bertz CT molecular complexity index is 1230. The normalized spacial score (nSPS) is 18.4. The van der Waals surface area contributed by atoms with Gasteiger partial charge in [-0.05, 0) is 43.7 Å². The van der Waals surface area contributed by atoms with Crippen molar-refractivity contribution in [2.45, 2.75) is 26.1 Å². The molecule has 1 fully saturated rings. The van der Waals surface area contributed by atoms with Crippen molar-refractivity contribution in [3.63, 3.8) is 0 Å². The number of hydrogen-bond donors (Lipinski definition) is 0. The number of ether oxygens (including phenoxy) is 3. The van der Waals surface area contributed by atoms with Gasteiger partial charge in [-0.15, -0.1) is 11.3 Å². The summed E-state index contributed by atoms with van der Waals surface area (Å²) in [6, 6.07) is 10.1. The van der Waals surface area contributed by atoms with Crippen LogP contribution >= 0.6 is 11.3 Å². The fourth-order valence-corrected chi connectivity index (χ4v) is 4.71. The molecule has 0 bridgehead atoms. The van der Waals surface area contributed by atoms with Crippen molar-refractivity contribution in [2.24, 2.45) is 0 Å². The highest BCUT2D eigenvalue weighted by Gasteiger charge is 2.26. The van der Waals surface area contributed by atoms with E-state index in [1.807, 2.05) is 38.1 Å². The van der Waals surface area contributed by atoms with E-state index in [-0.39, 0.29) is 30.4 Å². The van der Waals surface area contributed by atoms with E-state index < -0.39 is 4.92 Å². The van der Waals surface area contributed by atoms with Gasteiger partial charge in [0.2, 0.25) is 0 Å². The number of amides is 1. The predicted molar refractivity (Wildman–Crippen MR) is 130 cm³/mol. The fraction of sp³-hybridized carbons (Fsp3) is 0.333. The van der Waals surface area contributed by atoms with Crippen LogP contribution in [0.1, 0.15) is 24.4 Å². The molecule has 4 rings (SSSR count). The molecule has 178 valence electrons. The Morgan fingerprint density at radius 1 is 1.21 bits per heavy atom. The Kier molecular flexibility index (Phi) is 7.09. The first kappa shape index (κ1) is 23.7. The minimum absolute atomic E-state index is 0.00106. The SMILES string of the molecule is COc1cc(/C=C\c2nc3ccc([N+](=O)[O-])cc3s2)ccc1OCC(=O)N1C[C@H](C)O[C@@H](C)C1. The minimum Gasteiger partial charge on any atom is -0.493 e. The molecule has 2 aromatic carbocycles. The van der Waals surface area contributed by atoms with Crippen LogP contribution < -0.4 is 9.47 Å². The summed E-state index contributed by atoms with van der Waals surface area (Å²) >= 11 is 1.38. The molecule has 1 aliphatic heterocycles. The Labute approximate surface area is 200 Å². The zero-order chi connectivity index (χ0) is 24.2. The van der Waals surface area contributed by atoms with Gasteiger partial charge >= 0.3 is 0 Å². The molecular formula is C24H25N3O6S. The van der Waals surface area contributed by atoms with E-state index in [1.165, 1.54) is 23.5 Å².